The molecule has 0 aliphatic carbocycles. The van der Waals surface area contributed by atoms with Gasteiger partial charge in [0.15, 0.2) is 5.82 Å². The molecule has 0 amide bonds. The van der Waals surface area contributed by atoms with Crippen molar-refractivity contribution in [2.45, 2.75) is 24.9 Å². The summed E-state index contributed by atoms with van der Waals surface area (Å²) in [5.74, 6) is 1.88. The van der Waals surface area contributed by atoms with Crippen LogP contribution in [0, 0.1) is 0 Å². The van der Waals surface area contributed by atoms with Gasteiger partial charge in [0.25, 0.3) is 0 Å². The molecule has 0 bridgehead atoms. The summed E-state index contributed by atoms with van der Waals surface area (Å²) in [5.41, 5.74) is 0. The summed E-state index contributed by atoms with van der Waals surface area (Å²) in [6, 6.07) is 0. The number of fused-ring (bicyclic) bond motifs is 1. The Morgan fingerprint density at radius 2 is 2.38 bits per heavy atom. The maximum atomic E-state index is 4.22. The molecule has 1 aliphatic rings. The van der Waals surface area contributed by atoms with E-state index in [-0.39, 0.29) is 12.4 Å². The van der Waals surface area contributed by atoms with Crippen LogP contribution in [0.25, 0.3) is 0 Å². The van der Waals surface area contributed by atoms with Crippen LogP contribution in [0.15, 0.2) is 10.3 Å². The Morgan fingerprint density at radius 3 is 3.15 bits per heavy atom. The zero-order chi connectivity index (χ0) is 8.39. The third-order valence-corrected chi connectivity index (χ3v) is 2.46. The summed E-state index contributed by atoms with van der Waals surface area (Å²) in [5, 5.41) is 13.2. The molecule has 0 aromatic carbocycles. The fourth-order valence-corrected chi connectivity index (χ4v) is 1.77. The first-order valence-electron chi connectivity index (χ1n) is 4.01. The molecule has 0 unspecified atom stereocenters. The Hall–Kier alpha value is -0.550. The van der Waals surface area contributed by atoms with Crippen LogP contribution in [-0.2, 0) is 6.42 Å². The zero-order valence-corrected chi connectivity index (χ0v) is 8.94. The molecule has 0 N–H and O–H groups in total. The molecule has 1 aromatic rings. The Labute approximate surface area is 87.2 Å². The molecule has 1 aliphatic heterocycles. The molecule has 0 saturated heterocycles. The van der Waals surface area contributed by atoms with Crippen LogP contribution in [-0.4, -0.2) is 26.8 Å². The number of hydrogen-bond acceptors (Lipinski definition) is 4. The van der Waals surface area contributed by atoms with E-state index in [0.717, 1.165) is 29.6 Å². The van der Waals surface area contributed by atoms with Gasteiger partial charge in [-0.3, -0.25) is 0 Å². The summed E-state index contributed by atoms with van der Waals surface area (Å²) < 4.78 is 1.83. The van der Waals surface area contributed by atoms with Crippen molar-refractivity contribution in [1.29, 1.82) is 0 Å². The average molecular weight is 219 g/mol. The molecule has 0 spiro atoms. The van der Waals surface area contributed by atoms with Gasteiger partial charge < -0.3 is 0 Å². The van der Waals surface area contributed by atoms with E-state index in [1.165, 1.54) is 0 Å². The minimum atomic E-state index is 0. The van der Waals surface area contributed by atoms with Crippen molar-refractivity contribution in [1.82, 2.24) is 14.9 Å². The first-order valence-corrected chi connectivity index (χ1v) is 5.00. The summed E-state index contributed by atoms with van der Waals surface area (Å²) in [4.78, 5) is 0. The molecule has 1 aromatic heterocycles. The van der Waals surface area contributed by atoms with E-state index >= 15 is 0 Å². The monoisotopic (exact) mass is 218 g/mol. The highest BCUT2D eigenvalue weighted by atomic mass is 35.5. The number of aryl methyl sites for hydroxylation is 1. The third kappa shape index (κ3) is 2.03. The second-order valence-corrected chi connectivity index (χ2v) is 3.56. The van der Waals surface area contributed by atoms with Gasteiger partial charge in [-0.15, -0.1) is 22.6 Å². The number of hydrogen-bond donors (Lipinski definition) is 0. The van der Waals surface area contributed by atoms with Gasteiger partial charge in [-0.25, -0.2) is 0 Å². The molecule has 0 atom stereocenters. The minimum Gasteiger partial charge on any atom is -0.192 e. The molecular formula is C7H11ClN4S. The quantitative estimate of drug-likeness (QED) is 0.757. The van der Waals surface area contributed by atoms with Gasteiger partial charge in [0.05, 0.1) is 0 Å². The SMILES string of the molecule is CCCc1nnc2n1N=CCS2.Cl. The number of rotatable bonds is 2. The van der Waals surface area contributed by atoms with Gasteiger partial charge >= 0.3 is 0 Å². The van der Waals surface area contributed by atoms with Gasteiger partial charge in [-0.05, 0) is 6.42 Å². The number of halogens is 1. The van der Waals surface area contributed by atoms with E-state index in [1.54, 1.807) is 11.8 Å². The highest BCUT2D eigenvalue weighted by molar-refractivity contribution is 7.99. The lowest BCUT2D eigenvalue weighted by molar-refractivity contribution is 0.696. The van der Waals surface area contributed by atoms with E-state index in [4.69, 9.17) is 0 Å². The predicted molar refractivity (Wildman–Crippen MR) is 55.9 cm³/mol. The Morgan fingerprint density at radius 1 is 1.54 bits per heavy atom. The van der Waals surface area contributed by atoms with Crippen LogP contribution in [0.4, 0.5) is 0 Å². The molecule has 0 saturated carbocycles. The molecule has 2 rings (SSSR count). The van der Waals surface area contributed by atoms with E-state index < -0.39 is 0 Å². The lowest BCUT2D eigenvalue weighted by atomic mass is 10.3. The molecule has 4 nitrogen and oxygen atoms in total. The molecule has 13 heavy (non-hydrogen) atoms. The van der Waals surface area contributed by atoms with Gasteiger partial charge in [0.1, 0.15) is 0 Å². The maximum Gasteiger partial charge on any atom is 0.212 e. The van der Waals surface area contributed by atoms with Crippen molar-refractivity contribution in [2.24, 2.45) is 5.10 Å². The molecule has 0 fully saturated rings. The fraction of sp³-hybridized carbons (Fsp3) is 0.571. The summed E-state index contributed by atoms with van der Waals surface area (Å²) in [7, 11) is 0. The van der Waals surface area contributed by atoms with Gasteiger partial charge in [0.2, 0.25) is 5.16 Å². The van der Waals surface area contributed by atoms with E-state index in [2.05, 4.69) is 22.2 Å². The van der Waals surface area contributed by atoms with Gasteiger partial charge in [-0.1, -0.05) is 18.7 Å². The summed E-state index contributed by atoms with van der Waals surface area (Å²) in [6.45, 7) is 2.13. The second-order valence-electron chi connectivity index (χ2n) is 2.57. The minimum absolute atomic E-state index is 0. The summed E-state index contributed by atoms with van der Waals surface area (Å²) >= 11 is 1.68. The largest absolute Gasteiger partial charge is 0.212 e. The Kier molecular flexibility index (Phi) is 3.74. The predicted octanol–water partition coefficient (Wildman–Crippen LogP) is 1.59. The third-order valence-electron chi connectivity index (χ3n) is 1.63. The zero-order valence-electron chi connectivity index (χ0n) is 7.30. The Balaban J connectivity index is 0.000000845. The second kappa shape index (κ2) is 4.62. The van der Waals surface area contributed by atoms with Crippen LogP contribution in [0.1, 0.15) is 19.2 Å². The van der Waals surface area contributed by atoms with Crippen molar-refractivity contribution >= 4 is 30.4 Å². The maximum absolute atomic E-state index is 4.22. The molecule has 72 valence electrons. The first kappa shape index (κ1) is 10.5. The molecule has 0 radical (unpaired) electrons. The van der Waals surface area contributed by atoms with E-state index in [0.29, 0.717) is 0 Å². The van der Waals surface area contributed by atoms with Crippen LogP contribution in [0.2, 0.25) is 0 Å². The summed E-state index contributed by atoms with van der Waals surface area (Å²) in [6.07, 6.45) is 3.92. The van der Waals surface area contributed by atoms with Crippen molar-refractivity contribution in [3.63, 3.8) is 0 Å². The van der Waals surface area contributed by atoms with Crippen molar-refractivity contribution in [2.75, 3.05) is 5.75 Å². The van der Waals surface area contributed by atoms with Crippen LogP contribution in [0.3, 0.4) is 0 Å². The smallest absolute Gasteiger partial charge is 0.192 e. The van der Waals surface area contributed by atoms with Gasteiger partial charge in [-0.2, -0.15) is 9.78 Å². The molecule has 2 heterocycles. The molecule has 6 heteroatoms. The number of nitrogens with zero attached hydrogens (tertiary/aromatic N) is 4. The van der Waals surface area contributed by atoms with Gasteiger partial charge in [0, 0.05) is 18.4 Å². The van der Waals surface area contributed by atoms with E-state index in [1.807, 2.05) is 10.9 Å². The lowest BCUT2D eigenvalue weighted by Crippen LogP contribution is -2.04. The lowest BCUT2D eigenvalue weighted by Gasteiger charge is -2.05. The highest BCUT2D eigenvalue weighted by Crippen LogP contribution is 2.19. The van der Waals surface area contributed by atoms with Crippen molar-refractivity contribution < 1.29 is 0 Å². The van der Waals surface area contributed by atoms with E-state index in [9.17, 15) is 0 Å². The van der Waals surface area contributed by atoms with Crippen LogP contribution < -0.4 is 0 Å². The first-order chi connectivity index (χ1) is 5.92. The van der Waals surface area contributed by atoms with Crippen LogP contribution in [0.5, 0.6) is 0 Å². The van der Waals surface area contributed by atoms with Crippen molar-refractivity contribution in [3.05, 3.63) is 5.82 Å². The normalized spacial score (nSPS) is 13.6. The average Bonchev–Trinajstić information content (AvgIpc) is 2.50. The molecular weight excluding hydrogens is 208 g/mol. The standard InChI is InChI=1S/C7H10N4S.ClH/c1-2-3-6-9-10-7-11(6)8-4-5-12-7;/h4H,2-3,5H2,1H3;1H. The fourth-order valence-electron chi connectivity index (χ4n) is 1.11. The number of aromatic nitrogens is 3. The van der Waals surface area contributed by atoms with Crippen molar-refractivity contribution in [3.8, 4) is 0 Å². The highest BCUT2D eigenvalue weighted by Gasteiger charge is 2.12. The number of thioether (sulfide) groups is 1. The Bertz CT molecular complexity index is 309. The van der Waals surface area contributed by atoms with Crippen LogP contribution >= 0.6 is 24.2 Å². The topological polar surface area (TPSA) is 43.1 Å².